The molecule has 0 spiro atoms. The second kappa shape index (κ2) is 7.04. The smallest absolute Gasteiger partial charge is 0.263 e. The summed E-state index contributed by atoms with van der Waals surface area (Å²) in [7, 11) is -3.85. The number of hydrogen-bond acceptors (Lipinski definition) is 5. The van der Waals surface area contributed by atoms with E-state index in [1.54, 1.807) is 0 Å². The molecular weight excluding hydrogens is 369 g/mol. The van der Waals surface area contributed by atoms with Crippen LogP contribution in [0, 0.1) is 5.82 Å². The fourth-order valence-electron chi connectivity index (χ4n) is 1.94. The van der Waals surface area contributed by atoms with Crippen molar-refractivity contribution in [3.63, 3.8) is 0 Å². The topological polar surface area (TPSA) is 81.2 Å². The number of sulfonamides is 1. The Kier molecular flexibility index (Phi) is 4.82. The maximum atomic E-state index is 14.2. The van der Waals surface area contributed by atoms with E-state index < -0.39 is 15.8 Å². The second-order valence-corrected chi connectivity index (χ2v) is 7.00. The SMILES string of the molecule is O=S(=O)(Nc1ccc(Oc2cncc(Cl)c2)c(F)c1)c1cccnc1. The van der Waals surface area contributed by atoms with Gasteiger partial charge >= 0.3 is 0 Å². The highest BCUT2D eigenvalue weighted by Gasteiger charge is 2.15. The summed E-state index contributed by atoms with van der Waals surface area (Å²) < 4.78 is 46.2. The molecule has 2 aromatic heterocycles. The lowest BCUT2D eigenvalue weighted by atomic mass is 10.3. The molecule has 3 aromatic rings. The van der Waals surface area contributed by atoms with Gasteiger partial charge in [-0.05, 0) is 24.3 Å². The molecule has 1 N–H and O–H groups in total. The molecule has 0 aliphatic carbocycles. The number of halogens is 2. The molecule has 128 valence electrons. The summed E-state index contributed by atoms with van der Waals surface area (Å²) in [5.74, 6) is -0.574. The monoisotopic (exact) mass is 379 g/mol. The third kappa shape index (κ3) is 4.23. The fraction of sp³-hybridized carbons (Fsp3) is 0. The first-order chi connectivity index (χ1) is 11.9. The summed E-state index contributed by atoms with van der Waals surface area (Å²) in [5, 5.41) is 0.346. The molecule has 6 nitrogen and oxygen atoms in total. The van der Waals surface area contributed by atoms with Gasteiger partial charge in [0.2, 0.25) is 0 Å². The highest BCUT2D eigenvalue weighted by atomic mass is 35.5. The summed E-state index contributed by atoms with van der Waals surface area (Å²) in [4.78, 5) is 7.55. The van der Waals surface area contributed by atoms with Crippen LogP contribution in [0.4, 0.5) is 10.1 Å². The van der Waals surface area contributed by atoms with Crippen LogP contribution >= 0.6 is 11.6 Å². The zero-order valence-electron chi connectivity index (χ0n) is 12.6. The van der Waals surface area contributed by atoms with Crippen molar-refractivity contribution >= 4 is 27.3 Å². The molecule has 0 aliphatic rings. The van der Waals surface area contributed by atoms with E-state index in [-0.39, 0.29) is 22.1 Å². The zero-order valence-corrected chi connectivity index (χ0v) is 14.1. The molecule has 0 atom stereocenters. The van der Waals surface area contributed by atoms with Gasteiger partial charge in [0.05, 0.1) is 16.9 Å². The van der Waals surface area contributed by atoms with Crippen molar-refractivity contribution in [1.82, 2.24) is 9.97 Å². The summed E-state index contributed by atoms with van der Waals surface area (Å²) in [6, 6.07) is 8.05. The van der Waals surface area contributed by atoms with Crippen molar-refractivity contribution in [1.29, 1.82) is 0 Å². The largest absolute Gasteiger partial charge is 0.453 e. The standard InChI is InChI=1S/C16H11ClFN3O3S/c17-11-6-13(9-20-8-11)24-16-4-3-12(7-15(16)18)21-25(22,23)14-2-1-5-19-10-14/h1-10,21H. The molecule has 0 bridgehead atoms. The molecule has 0 amide bonds. The predicted octanol–water partition coefficient (Wildman–Crippen LogP) is 3.86. The van der Waals surface area contributed by atoms with E-state index in [0.29, 0.717) is 5.02 Å². The molecule has 0 unspecified atom stereocenters. The molecule has 0 saturated heterocycles. The Morgan fingerprint density at radius 2 is 1.92 bits per heavy atom. The Hall–Kier alpha value is -2.71. The van der Waals surface area contributed by atoms with E-state index in [2.05, 4.69) is 14.7 Å². The third-order valence-corrected chi connectivity index (χ3v) is 4.61. The van der Waals surface area contributed by atoms with Gasteiger partial charge in [-0.25, -0.2) is 12.8 Å². The van der Waals surface area contributed by atoms with Gasteiger partial charge in [-0.3, -0.25) is 14.7 Å². The molecule has 2 heterocycles. The average Bonchev–Trinajstić information content (AvgIpc) is 2.58. The minimum atomic E-state index is -3.85. The van der Waals surface area contributed by atoms with E-state index in [9.17, 15) is 12.8 Å². The van der Waals surface area contributed by atoms with Crippen LogP contribution in [-0.2, 0) is 10.0 Å². The lowest BCUT2D eigenvalue weighted by Crippen LogP contribution is -2.13. The lowest BCUT2D eigenvalue weighted by Gasteiger charge is -2.10. The van der Waals surface area contributed by atoms with Crippen molar-refractivity contribution in [2.45, 2.75) is 4.90 Å². The number of nitrogens with one attached hydrogen (secondary N) is 1. The molecular formula is C16H11ClFN3O3S. The summed E-state index contributed by atoms with van der Waals surface area (Å²) >= 11 is 5.79. The van der Waals surface area contributed by atoms with Gasteiger partial charge in [0.25, 0.3) is 10.0 Å². The predicted molar refractivity (Wildman–Crippen MR) is 90.8 cm³/mol. The molecule has 0 radical (unpaired) electrons. The maximum absolute atomic E-state index is 14.2. The van der Waals surface area contributed by atoms with Crippen LogP contribution < -0.4 is 9.46 Å². The number of aromatic nitrogens is 2. The van der Waals surface area contributed by atoms with Crippen molar-refractivity contribution in [3.05, 3.63) is 72.0 Å². The molecule has 25 heavy (non-hydrogen) atoms. The van der Waals surface area contributed by atoms with Crippen molar-refractivity contribution in [2.24, 2.45) is 0 Å². The van der Waals surface area contributed by atoms with E-state index in [1.165, 1.54) is 55.1 Å². The van der Waals surface area contributed by atoms with Crippen LogP contribution in [0.3, 0.4) is 0 Å². The molecule has 0 fully saturated rings. The van der Waals surface area contributed by atoms with Gasteiger partial charge < -0.3 is 4.74 Å². The van der Waals surface area contributed by atoms with Crippen LogP contribution in [0.1, 0.15) is 0 Å². The molecule has 0 aliphatic heterocycles. The van der Waals surface area contributed by atoms with Gasteiger partial charge in [-0.1, -0.05) is 11.6 Å². The number of ether oxygens (including phenoxy) is 1. The van der Waals surface area contributed by atoms with Gasteiger partial charge in [0, 0.05) is 30.7 Å². The van der Waals surface area contributed by atoms with E-state index in [0.717, 1.165) is 6.07 Å². The Bertz CT molecular complexity index is 1000. The summed E-state index contributed by atoms with van der Waals surface area (Å²) in [6.07, 6.45) is 5.45. The van der Waals surface area contributed by atoms with Gasteiger partial charge in [-0.15, -0.1) is 0 Å². The Morgan fingerprint density at radius 1 is 1.08 bits per heavy atom. The Labute approximate surface area is 148 Å². The van der Waals surface area contributed by atoms with Crippen LogP contribution in [0.15, 0.2) is 66.1 Å². The van der Waals surface area contributed by atoms with E-state index >= 15 is 0 Å². The average molecular weight is 380 g/mol. The normalized spacial score (nSPS) is 11.1. The molecule has 0 saturated carbocycles. The summed E-state index contributed by atoms with van der Waals surface area (Å²) in [5.41, 5.74) is 0.0536. The summed E-state index contributed by atoms with van der Waals surface area (Å²) in [6.45, 7) is 0. The second-order valence-electron chi connectivity index (χ2n) is 4.88. The number of anilines is 1. The van der Waals surface area contributed by atoms with E-state index in [1.807, 2.05) is 0 Å². The minimum absolute atomic E-state index is 0.0271. The Balaban J connectivity index is 1.80. The number of nitrogens with zero attached hydrogens (tertiary/aromatic N) is 2. The quantitative estimate of drug-likeness (QED) is 0.728. The van der Waals surface area contributed by atoms with Gasteiger partial charge in [-0.2, -0.15) is 0 Å². The van der Waals surface area contributed by atoms with Gasteiger partial charge in [0.1, 0.15) is 10.6 Å². The molecule has 9 heteroatoms. The first-order valence-electron chi connectivity index (χ1n) is 6.95. The number of rotatable bonds is 5. The fourth-order valence-corrected chi connectivity index (χ4v) is 3.12. The van der Waals surface area contributed by atoms with Crippen LogP contribution in [0.2, 0.25) is 5.02 Å². The van der Waals surface area contributed by atoms with E-state index in [4.69, 9.17) is 16.3 Å². The first kappa shape index (κ1) is 17.1. The maximum Gasteiger partial charge on any atom is 0.263 e. The van der Waals surface area contributed by atoms with Crippen molar-refractivity contribution in [3.8, 4) is 11.5 Å². The number of hydrogen-bond donors (Lipinski definition) is 1. The molecule has 1 aromatic carbocycles. The van der Waals surface area contributed by atoms with Crippen LogP contribution in [-0.4, -0.2) is 18.4 Å². The lowest BCUT2D eigenvalue weighted by molar-refractivity contribution is 0.441. The zero-order chi connectivity index (χ0) is 17.9. The first-order valence-corrected chi connectivity index (χ1v) is 8.81. The van der Waals surface area contributed by atoms with Crippen molar-refractivity contribution in [2.75, 3.05) is 4.72 Å². The number of benzene rings is 1. The van der Waals surface area contributed by atoms with Gasteiger partial charge in [0.15, 0.2) is 11.6 Å². The minimum Gasteiger partial charge on any atom is -0.453 e. The van der Waals surface area contributed by atoms with Crippen LogP contribution in [0.25, 0.3) is 0 Å². The number of pyridine rings is 2. The third-order valence-electron chi connectivity index (χ3n) is 3.04. The van der Waals surface area contributed by atoms with Crippen molar-refractivity contribution < 1.29 is 17.5 Å². The highest BCUT2D eigenvalue weighted by molar-refractivity contribution is 7.92. The highest BCUT2D eigenvalue weighted by Crippen LogP contribution is 2.28. The Morgan fingerprint density at radius 3 is 2.60 bits per heavy atom. The van der Waals surface area contributed by atoms with Crippen LogP contribution in [0.5, 0.6) is 11.5 Å². The molecule has 3 rings (SSSR count).